The number of nitro benzene ring substituents is 1. The third-order valence-electron chi connectivity index (χ3n) is 2.69. The molecule has 0 fully saturated rings. The van der Waals surface area contributed by atoms with Gasteiger partial charge >= 0.3 is 0 Å². The molecule has 22 heavy (non-hydrogen) atoms. The molecule has 0 atom stereocenters. The van der Waals surface area contributed by atoms with Crippen molar-refractivity contribution < 1.29 is 14.5 Å². The van der Waals surface area contributed by atoms with Crippen LogP contribution in [0.2, 0.25) is 0 Å². The third-order valence-corrected chi connectivity index (χ3v) is 3.38. The van der Waals surface area contributed by atoms with Crippen LogP contribution >= 0.6 is 11.3 Å². The van der Waals surface area contributed by atoms with Crippen molar-refractivity contribution in [2.75, 3.05) is 5.32 Å². The van der Waals surface area contributed by atoms with E-state index in [1.165, 1.54) is 54.8 Å². The van der Waals surface area contributed by atoms with Crippen molar-refractivity contribution in [3.8, 4) is 0 Å². The molecule has 1 heterocycles. The van der Waals surface area contributed by atoms with Crippen LogP contribution in [0.3, 0.4) is 0 Å². The zero-order valence-corrected chi connectivity index (χ0v) is 12.3. The molecular formula is C14H11N3O4S. The minimum Gasteiger partial charge on any atom is -0.298 e. The SMILES string of the molecule is CC(=O)C(=Cc1ccc([N+](=O)[O-])cc1)C(=O)Nc1nccs1. The molecule has 0 bridgehead atoms. The van der Waals surface area contributed by atoms with E-state index < -0.39 is 16.6 Å². The number of Topliss-reactive ketones (excluding diaryl/α,β-unsaturated/α-hetero) is 1. The standard InChI is InChI=1S/C14H11N3O4S/c1-9(18)12(13(19)16-14-15-6-7-22-14)8-10-2-4-11(5-3-10)17(20)21/h2-8H,1H3,(H,15,16,19). The number of carbonyl (C=O) groups is 2. The molecule has 0 aliphatic carbocycles. The number of hydrogen-bond acceptors (Lipinski definition) is 6. The number of non-ortho nitro benzene ring substituents is 1. The van der Waals surface area contributed by atoms with Gasteiger partial charge in [-0.2, -0.15) is 0 Å². The maximum absolute atomic E-state index is 12.1. The van der Waals surface area contributed by atoms with Gasteiger partial charge in [-0.3, -0.25) is 25.0 Å². The lowest BCUT2D eigenvalue weighted by Crippen LogP contribution is -2.18. The Kier molecular flexibility index (Phi) is 4.74. The highest BCUT2D eigenvalue weighted by molar-refractivity contribution is 7.13. The zero-order valence-electron chi connectivity index (χ0n) is 11.5. The molecule has 1 aromatic carbocycles. The second-order valence-electron chi connectivity index (χ2n) is 4.25. The van der Waals surface area contributed by atoms with Crippen LogP contribution in [-0.4, -0.2) is 21.6 Å². The summed E-state index contributed by atoms with van der Waals surface area (Å²) in [6, 6.07) is 5.56. The molecule has 1 N–H and O–H groups in total. The fraction of sp³-hybridized carbons (Fsp3) is 0.0714. The number of carbonyl (C=O) groups excluding carboxylic acids is 2. The summed E-state index contributed by atoms with van der Waals surface area (Å²) in [5.41, 5.74) is 0.405. The summed E-state index contributed by atoms with van der Waals surface area (Å²) in [6.45, 7) is 1.28. The number of amides is 1. The molecule has 0 aliphatic rings. The average molecular weight is 317 g/mol. The van der Waals surface area contributed by atoms with E-state index in [0.717, 1.165) is 0 Å². The summed E-state index contributed by atoms with van der Waals surface area (Å²) < 4.78 is 0. The van der Waals surface area contributed by atoms with Crippen molar-refractivity contribution in [1.82, 2.24) is 4.98 Å². The Labute approximate surface area is 129 Å². The maximum Gasteiger partial charge on any atom is 0.269 e. The topological polar surface area (TPSA) is 102 Å². The van der Waals surface area contributed by atoms with Gasteiger partial charge in [-0.1, -0.05) is 0 Å². The van der Waals surface area contributed by atoms with Gasteiger partial charge in [0.1, 0.15) is 0 Å². The molecular weight excluding hydrogens is 306 g/mol. The molecule has 1 amide bonds. The number of benzene rings is 1. The predicted octanol–water partition coefficient (Wildman–Crippen LogP) is 2.66. The van der Waals surface area contributed by atoms with Crippen molar-refractivity contribution in [2.24, 2.45) is 0 Å². The second-order valence-corrected chi connectivity index (χ2v) is 5.15. The zero-order chi connectivity index (χ0) is 16.1. The lowest BCUT2D eigenvalue weighted by atomic mass is 10.1. The first-order chi connectivity index (χ1) is 10.5. The fourth-order valence-electron chi connectivity index (χ4n) is 1.64. The van der Waals surface area contributed by atoms with Gasteiger partial charge in [0.05, 0.1) is 10.5 Å². The number of nitrogens with one attached hydrogen (secondary N) is 1. The van der Waals surface area contributed by atoms with Crippen LogP contribution < -0.4 is 5.32 Å². The molecule has 0 spiro atoms. The summed E-state index contributed by atoms with van der Waals surface area (Å²) in [5, 5.41) is 15.2. The fourth-order valence-corrected chi connectivity index (χ4v) is 2.16. The van der Waals surface area contributed by atoms with Crippen LogP contribution in [0.25, 0.3) is 6.08 Å². The maximum atomic E-state index is 12.1. The van der Waals surface area contributed by atoms with Gasteiger partial charge < -0.3 is 0 Å². The molecule has 112 valence electrons. The van der Waals surface area contributed by atoms with Gasteiger partial charge in [0.15, 0.2) is 10.9 Å². The molecule has 2 aromatic rings. The lowest BCUT2D eigenvalue weighted by molar-refractivity contribution is -0.384. The van der Waals surface area contributed by atoms with E-state index in [9.17, 15) is 19.7 Å². The first kappa shape index (κ1) is 15.5. The predicted molar refractivity (Wildman–Crippen MR) is 82.5 cm³/mol. The lowest BCUT2D eigenvalue weighted by Gasteiger charge is -2.04. The summed E-state index contributed by atoms with van der Waals surface area (Å²) in [6.07, 6.45) is 2.92. The van der Waals surface area contributed by atoms with Gasteiger partial charge in [0.25, 0.3) is 11.6 Å². The molecule has 0 unspecified atom stereocenters. The third kappa shape index (κ3) is 3.83. The average Bonchev–Trinajstić information content (AvgIpc) is 2.97. The van der Waals surface area contributed by atoms with Crippen LogP contribution in [0, 0.1) is 10.1 Å². The molecule has 0 radical (unpaired) electrons. The highest BCUT2D eigenvalue weighted by Crippen LogP contribution is 2.17. The van der Waals surface area contributed by atoms with Crippen molar-refractivity contribution in [1.29, 1.82) is 0 Å². The summed E-state index contributed by atoms with van der Waals surface area (Å²) >= 11 is 1.24. The van der Waals surface area contributed by atoms with Crippen LogP contribution in [0.4, 0.5) is 10.8 Å². The van der Waals surface area contributed by atoms with E-state index in [1.807, 2.05) is 0 Å². The Morgan fingerprint density at radius 2 is 2.00 bits per heavy atom. The van der Waals surface area contributed by atoms with E-state index in [2.05, 4.69) is 10.3 Å². The molecule has 0 aliphatic heterocycles. The summed E-state index contributed by atoms with van der Waals surface area (Å²) in [4.78, 5) is 37.7. The van der Waals surface area contributed by atoms with E-state index in [4.69, 9.17) is 0 Å². The Hall–Kier alpha value is -2.87. The molecule has 1 aromatic heterocycles. The highest BCUT2D eigenvalue weighted by Gasteiger charge is 2.16. The summed E-state index contributed by atoms with van der Waals surface area (Å²) in [5.74, 6) is -0.979. The molecule has 0 saturated carbocycles. The number of hydrogen-bond donors (Lipinski definition) is 1. The van der Waals surface area contributed by atoms with Crippen LogP contribution in [0.15, 0.2) is 41.4 Å². The largest absolute Gasteiger partial charge is 0.298 e. The van der Waals surface area contributed by atoms with Crippen molar-refractivity contribution >= 4 is 39.9 Å². The number of rotatable bonds is 5. The quantitative estimate of drug-likeness (QED) is 0.300. The Bertz CT molecular complexity index is 736. The van der Waals surface area contributed by atoms with Crippen LogP contribution in [0.5, 0.6) is 0 Å². The monoisotopic (exact) mass is 317 g/mol. The molecule has 8 heteroatoms. The number of aromatic nitrogens is 1. The minimum atomic E-state index is -0.569. The number of nitrogens with zero attached hydrogens (tertiary/aromatic N) is 2. The normalized spacial score (nSPS) is 11.0. The van der Waals surface area contributed by atoms with Crippen molar-refractivity contribution in [3.63, 3.8) is 0 Å². The van der Waals surface area contributed by atoms with Gasteiger partial charge in [-0.15, -0.1) is 11.3 Å². The van der Waals surface area contributed by atoms with E-state index in [0.29, 0.717) is 10.7 Å². The smallest absolute Gasteiger partial charge is 0.269 e. The van der Waals surface area contributed by atoms with Crippen LogP contribution in [-0.2, 0) is 9.59 Å². The van der Waals surface area contributed by atoms with Crippen molar-refractivity contribution in [3.05, 3.63) is 57.1 Å². The Morgan fingerprint density at radius 1 is 1.32 bits per heavy atom. The second kappa shape index (κ2) is 6.72. The number of anilines is 1. The number of nitro groups is 1. The number of thiazole rings is 1. The van der Waals surface area contributed by atoms with Crippen LogP contribution in [0.1, 0.15) is 12.5 Å². The van der Waals surface area contributed by atoms with Gasteiger partial charge in [0.2, 0.25) is 0 Å². The number of ketones is 1. The van der Waals surface area contributed by atoms with Gasteiger partial charge in [-0.25, -0.2) is 4.98 Å². The van der Waals surface area contributed by atoms with Gasteiger partial charge in [-0.05, 0) is 30.7 Å². The first-order valence-corrected chi connectivity index (χ1v) is 7.03. The van der Waals surface area contributed by atoms with E-state index in [1.54, 1.807) is 5.38 Å². The highest BCUT2D eigenvalue weighted by atomic mass is 32.1. The summed E-state index contributed by atoms with van der Waals surface area (Å²) in [7, 11) is 0. The minimum absolute atomic E-state index is 0.0518. The molecule has 2 rings (SSSR count). The van der Waals surface area contributed by atoms with Gasteiger partial charge in [0, 0.05) is 23.7 Å². The molecule has 7 nitrogen and oxygen atoms in total. The Balaban J connectivity index is 2.24. The first-order valence-electron chi connectivity index (χ1n) is 6.15. The molecule has 0 saturated heterocycles. The van der Waals surface area contributed by atoms with E-state index in [-0.39, 0.29) is 11.3 Å². The van der Waals surface area contributed by atoms with E-state index >= 15 is 0 Å². The van der Waals surface area contributed by atoms with Crippen molar-refractivity contribution in [2.45, 2.75) is 6.92 Å². The Morgan fingerprint density at radius 3 is 2.50 bits per heavy atom.